The number of hydroxylamine groups is 1. The average Bonchev–Trinajstić information content (AvgIpc) is 2.32. The highest BCUT2D eigenvalue weighted by atomic mass is 16.7. The van der Waals surface area contributed by atoms with Crippen LogP contribution >= 0.6 is 0 Å². The summed E-state index contributed by atoms with van der Waals surface area (Å²) in [6.07, 6.45) is 8.10. The van der Waals surface area contributed by atoms with Gasteiger partial charge in [-0.3, -0.25) is 4.84 Å². The van der Waals surface area contributed by atoms with Gasteiger partial charge < -0.3 is 0 Å². The minimum atomic E-state index is -0.121. The third-order valence-electron chi connectivity index (χ3n) is 1.25. The van der Waals surface area contributed by atoms with E-state index >= 15 is 0 Å². The van der Waals surface area contributed by atoms with Crippen molar-refractivity contribution in [2.75, 3.05) is 0 Å². The molecule has 62 valence electrons. The van der Waals surface area contributed by atoms with E-state index in [1.807, 2.05) is 45.1 Å². The van der Waals surface area contributed by atoms with Crippen LogP contribution in [0.25, 0.3) is 0 Å². The van der Waals surface area contributed by atoms with Gasteiger partial charge in [0.25, 0.3) is 0 Å². The van der Waals surface area contributed by atoms with Gasteiger partial charge in [0, 0.05) is 0 Å². The predicted molar refractivity (Wildman–Crippen MR) is 46.0 cm³/mol. The van der Waals surface area contributed by atoms with E-state index in [1.54, 1.807) is 0 Å². The van der Waals surface area contributed by atoms with Crippen LogP contribution < -0.4 is 5.48 Å². The Labute approximate surface area is 67.9 Å². The Morgan fingerprint density at radius 3 is 2.18 bits per heavy atom. The third kappa shape index (κ3) is 3.35. The SMILES string of the molecule is CC(C)(C)ONC1C=CC=C1. The molecule has 1 aliphatic carbocycles. The van der Waals surface area contributed by atoms with E-state index < -0.39 is 0 Å². The van der Waals surface area contributed by atoms with Crippen molar-refractivity contribution in [2.45, 2.75) is 32.4 Å². The molecule has 1 rings (SSSR count). The molecule has 0 saturated carbocycles. The molecule has 0 saturated heterocycles. The molecule has 0 spiro atoms. The van der Waals surface area contributed by atoms with Gasteiger partial charge in [0.15, 0.2) is 0 Å². The molecule has 2 nitrogen and oxygen atoms in total. The third-order valence-corrected chi connectivity index (χ3v) is 1.25. The van der Waals surface area contributed by atoms with Crippen molar-refractivity contribution < 1.29 is 4.84 Å². The molecular formula is C9H15NO. The Bertz CT molecular complexity index is 164. The van der Waals surface area contributed by atoms with Crippen LogP contribution in [-0.4, -0.2) is 11.6 Å². The monoisotopic (exact) mass is 153 g/mol. The molecule has 0 aromatic heterocycles. The molecule has 0 aromatic carbocycles. The molecule has 0 atom stereocenters. The maximum absolute atomic E-state index is 5.36. The van der Waals surface area contributed by atoms with Crippen LogP contribution in [0.5, 0.6) is 0 Å². The lowest BCUT2D eigenvalue weighted by Crippen LogP contribution is -2.34. The Kier molecular flexibility index (Phi) is 2.47. The molecule has 11 heavy (non-hydrogen) atoms. The van der Waals surface area contributed by atoms with Gasteiger partial charge in [-0.25, -0.2) is 0 Å². The van der Waals surface area contributed by atoms with Crippen molar-refractivity contribution in [1.29, 1.82) is 0 Å². The van der Waals surface area contributed by atoms with Crippen molar-refractivity contribution in [3.05, 3.63) is 24.3 Å². The molecule has 0 amide bonds. The van der Waals surface area contributed by atoms with Crippen molar-refractivity contribution in [1.82, 2.24) is 5.48 Å². The first-order chi connectivity index (χ1) is 5.08. The molecule has 0 unspecified atom stereocenters. The molecule has 1 N–H and O–H groups in total. The lowest BCUT2D eigenvalue weighted by Gasteiger charge is -2.21. The second-order valence-electron chi connectivity index (χ2n) is 3.63. The highest BCUT2D eigenvalue weighted by Crippen LogP contribution is 2.06. The molecule has 0 heterocycles. The Hall–Kier alpha value is -0.600. The van der Waals surface area contributed by atoms with Crippen LogP contribution in [0, 0.1) is 0 Å². The second kappa shape index (κ2) is 3.20. The van der Waals surface area contributed by atoms with Crippen LogP contribution in [0.15, 0.2) is 24.3 Å². The Balaban J connectivity index is 2.23. The van der Waals surface area contributed by atoms with Crippen molar-refractivity contribution in [3.8, 4) is 0 Å². The molecule has 0 radical (unpaired) electrons. The summed E-state index contributed by atoms with van der Waals surface area (Å²) in [6, 6.07) is 0.245. The van der Waals surface area contributed by atoms with Gasteiger partial charge in [-0.1, -0.05) is 24.3 Å². The van der Waals surface area contributed by atoms with Gasteiger partial charge in [-0.15, -0.1) is 0 Å². The van der Waals surface area contributed by atoms with E-state index in [9.17, 15) is 0 Å². The molecule has 0 fully saturated rings. The van der Waals surface area contributed by atoms with Crippen LogP contribution in [0.4, 0.5) is 0 Å². The topological polar surface area (TPSA) is 21.3 Å². The maximum Gasteiger partial charge on any atom is 0.0813 e. The van der Waals surface area contributed by atoms with Crippen LogP contribution in [-0.2, 0) is 4.84 Å². The Morgan fingerprint density at radius 2 is 1.73 bits per heavy atom. The highest BCUT2D eigenvalue weighted by molar-refractivity contribution is 5.20. The van der Waals surface area contributed by atoms with Crippen molar-refractivity contribution >= 4 is 0 Å². The van der Waals surface area contributed by atoms with Gasteiger partial charge >= 0.3 is 0 Å². The number of rotatable bonds is 2. The zero-order chi connectivity index (χ0) is 8.32. The van der Waals surface area contributed by atoms with Crippen molar-refractivity contribution in [3.63, 3.8) is 0 Å². The van der Waals surface area contributed by atoms with Gasteiger partial charge in [-0.05, 0) is 20.8 Å². The number of nitrogens with one attached hydrogen (secondary N) is 1. The first-order valence-electron chi connectivity index (χ1n) is 3.86. The summed E-state index contributed by atoms with van der Waals surface area (Å²) in [7, 11) is 0. The van der Waals surface area contributed by atoms with E-state index in [0.29, 0.717) is 0 Å². The molecule has 0 aromatic rings. The first kappa shape index (κ1) is 8.50. The Morgan fingerprint density at radius 1 is 1.18 bits per heavy atom. The zero-order valence-electron chi connectivity index (χ0n) is 7.29. The fourth-order valence-electron chi connectivity index (χ4n) is 0.755. The largest absolute Gasteiger partial charge is 0.295 e. The van der Waals surface area contributed by atoms with Crippen LogP contribution in [0.1, 0.15) is 20.8 Å². The fourth-order valence-corrected chi connectivity index (χ4v) is 0.755. The lowest BCUT2D eigenvalue weighted by atomic mass is 10.2. The summed E-state index contributed by atoms with van der Waals surface area (Å²) < 4.78 is 0. The second-order valence-corrected chi connectivity index (χ2v) is 3.63. The van der Waals surface area contributed by atoms with E-state index in [4.69, 9.17) is 4.84 Å². The quantitative estimate of drug-likeness (QED) is 0.611. The minimum Gasteiger partial charge on any atom is -0.295 e. The summed E-state index contributed by atoms with van der Waals surface area (Å²) >= 11 is 0. The maximum atomic E-state index is 5.36. The number of allylic oxidation sites excluding steroid dienone is 2. The van der Waals surface area contributed by atoms with Gasteiger partial charge in [-0.2, -0.15) is 5.48 Å². The smallest absolute Gasteiger partial charge is 0.0813 e. The summed E-state index contributed by atoms with van der Waals surface area (Å²) in [4.78, 5) is 5.36. The van der Waals surface area contributed by atoms with Gasteiger partial charge in [0.2, 0.25) is 0 Å². The van der Waals surface area contributed by atoms with Crippen LogP contribution in [0.2, 0.25) is 0 Å². The van der Waals surface area contributed by atoms with E-state index in [2.05, 4.69) is 5.48 Å². The minimum absolute atomic E-state index is 0.121. The lowest BCUT2D eigenvalue weighted by molar-refractivity contribution is -0.0763. The standard InChI is InChI=1S/C9H15NO/c1-9(2,3)11-10-8-6-4-5-7-8/h4-8,10H,1-3H3. The normalized spacial score (nSPS) is 18.1. The average molecular weight is 153 g/mol. The summed E-state index contributed by atoms with van der Waals surface area (Å²) in [5, 5.41) is 0. The molecule has 1 aliphatic rings. The molecular weight excluding hydrogens is 138 g/mol. The van der Waals surface area contributed by atoms with E-state index in [1.165, 1.54) is 0 Å². The van der Waals surface area contributed by atoms with Gasteiger partial charge in [0.1, 0.15) is 0 Å². The van der Waals surface area contributed by atoms with Gasteiger partial charge in [0.05, 0.1) is 11.6 Å². The molecule has 0 bridgehead atoms. The first-order valence-corrected chi connectivity index (χ1v) is 3.86. The fraction of sp³-hybridized carbons (Fsp3) is 0.556. The summed E-state index contributed by atoms with van der Waals surface area (Å²) in [5.74, 6) is 0. The van der Waals surface area contributed by atoms with E-state index in [0.717, 1.165) is 0 Å². The van der Waals surface area contributed by atoms with Crippen molar-refractivity contribution in [2.24, 2.45) is 0 Å². The predicted octanol–water partition coefficient (Wildman–Crippen LogP) is 1.80. The molecule has 0 aliphatic heterocycles. The number of hydrogen-bond donors (Lipinski definition) is 1. The zero-order valence-corrected chi connectivity index (χ0v) is 7.29. The van der Waals surface area contributed by atoms with Crippen LogP contribution in [0.3, 0.4) is 0 Å². The summed E-state index contributed by atoms with van der Waals surface area (Å²) in [5.41, 5.74) is 2.83. The highest BCUT2D eigenvalue weighted by Gasteiger charge is 2.12. The number of hydrogen-bond acceptors (Lipinski definition) is 2. The summed E-state index contributed by atoms with van der Waals surface area (Å²) in [6.45, 7) is 6.05. The molecule has 2 heteroatoms. The van der Waals surface area contributed by atoms with E-state index in [-0.39, 0.29) is 11.6 Å².